The summed E-state index contributed by atoms with van der Waals surface area (Å²) in [5.41, 5.74) is 1.88. The van der Waals surface area contributed by atoms with Crippen molar-refractivity contribution >= 4 is 29.4 Å². The molecule has 38 heavy (non-hydrogen) atoms. The van der Waals surface area contributed by atoms with Gasteiger partial charge in [0, 0.05) is 38.1 Å². The smallest absolute Gasteiger partial charge is 0.310 e. The van der Waals surface area contributed by atoms with Gasteiger partial charge in [-0.1, -0.05) is 38.2 Å². The lowest BCUT2D eigenvalue weighted by Gasteiger charge is -2.38. The minimum absolute atomic E-state index is 0.0121. The molecule has 8 nitrogen and oxygen atoms in total. The lowest BCUT2D eigenvalue weighted by Crippen LogP contribution is -2.47. The second-order valence-corrected chi connectivity index (χ2v) is 11.3. The molecule has 4 aliphatic rings. The van der Waals surface area contributed by atoms with E-state index in [9.17, 15) is 19.2 Å². The average molecular weight is 524 g/mol. The lowest BCUT2D eigenvalue weighted by molar-refractivity contribution is -0.152. The van der Waals surface area contributed by atoms with Crippen LogP contribution in [0.5, 0.6) is 0 Å². The molecule has 3 aliphatic heterocycles. The first-order valence-electron chi connectivity index (χ1n) is 14.7. The predicted molar refractivity (Wildman–Crippen MR) is 144 cm³/mol. The number of nitrogens with zero attached hydrogens (tertiary/aromatic N) is 3. The number of anilines is 1. The van der Waals surface area contributed by atoms with Gasteiger partial charge in [-0.25, -0.2) is 0 Å². The Morgan fingerprint density at radius 3 is 2.26 bits per heavy atom. The van der Waals surface area contributed by atoms with E-state index in [1.165, 1.54) is 19.3 Å². The standard InChI is InChI=1S/C30H41N3O5/c1-2-38-30(37)22-10-9-17-32(20-22)27(34)21-15-18-31(19-16-21)25-14-8-13-24-26(25)29(36)33(28(24)35)23-11-6-4-3-5-7-12-23/h8,13-14,21-23H,2-7,9-12,15-20H2,1H3/t22-/m0/s1. The molecule has 1 aromatic carbocycles. The number of benzene rings is 1. The van der Waals surface area contributed by atoms with Gasteiger partial charge in [0.15, 0.2) is 0 Å². The van der Waals surface area contributed by atoms with Crippen molar-refractivity contribution in [2.24, 2.45) is 11.8 Å². The van der Waals surface area contributed by atoms with Gasteiger partial charge in [0.1, 0.15) is 0 Å². The molecule has 3 amide bonds. The van der Waals surface area contributed by atoms with Crippen molar-refractivity contribution in [1.29, 1.82) is 0 Å². The maximum atomic E-state index is 13.7. The van der Waals surface area contributed by atoms with E-state index in [4.69, 9.17) is 4.74 Å². The number of amides is 3. The maximum absolute atomic E-state index is 13.7. The van der Waals surface area contributed by atoms with Crippen LogP contribution in [0.1, 0.15) is 98.3 Å². The highest BCUT2D eigenvalue weighted by atomic mass is 16.5. The molecular weight excluding hydrogens is 482 g/mol. The number of carbonyl (C=O) groups excluding carboxylic acids is 4. The Balaban J connectivity index is 1.24. The maximum Gasteiger partial charge on any atom is 0.310 e. The zero-order valence-electron chi connectivity index (χ0n) is 22.7. The first-order valence-corrected chi connectivity index (χ1v) is 14.7. The van der Waals surface area contributed by atoms with Gasteiger partial charge in [0.2, 0.25) is 5.91 Å². The van der Waals surface area contributed by atoms with Crippen LogP contribution in [0.4, 0.5) is 5.69 Å². The summed E-state index contributed by atoms with van der Waals surface area (Å²) in [6, 6.07) is 5.60. The summed E-state index contributed by atoms with van der Waals surface area (Å²) in [7, 11) is 0. The Hall–Kier alpha value is -2.90. The molecule has 206 valence electrons. The van der Waals surface area contributed by atoms with E-state index in [-0.39, 0.29) is 41.6 Å². The highest BCUT2D eigenvalue weighted by molar-refractivity contribution is 6.24. The van der Waals surface area contributed by atoms with E-state index in [2.05, 4.69) is 4.90 Å². The van der Waals surface area contributed by atoms with Crippen molar-refractivity contribution < 1.29 is 23.9 Å². The first kappa shape index (κ1) is 26.7. The van der Waals surface area contributed by atoms with E-state index >= 15 is 0 Å². The molecule has 8 heteroatoms. The van der Waals surface area contributed by atoms with E-state index in [0.29, 0.717) is 56.8 Å². The number of carbonyl (C=O) groups is 4. The van der Waals surface area contributed by atoms with Crippen LogP contribution < -0.4 is 4.90 Å². The van der Waals surface area contributed by atoms with E-state index in [0.717, 1.165) is 44.2 Å². The van der Waals surface area contributed by atoms with Crippen molar-refractivity contribution in [2.45, 2.75) is 83.6 Å². The molecule has 3 heterocycles. The number of hydrogen-bond donors (Lipinski definition) is 0. The van der Waals surface area contributed by atoms with E-state index in [1.807, 2.05) is 17.0 Å². The molecule has 0 N–H and O–H groups in total. The molecule has 3 fully saturated rings. The van der Waals surface area contributed by atoms with Crippen molar-refractivity contribution in [3.05, 3.63) is 29.3 Å². The minimum Gasteiger partial charge on any atom is -0.466 e. The quantitative estimate of drug-likeness (QED) is 0.420. The van der Waals surface area contributed by atoms with Crippen LogP contribution in [-0.4, -0.2) is 72.3 Å². The van der Waals surface area contributed by atoms with Crippen molar-refractivity contribution in [2.75, 3.05) is 37.7 Å². The van der Waals surface area contributed by atoms with Crippen LogP contribution in [0, 0.1) is 11.8 Å². The van der Waals surface area contributed by atoms with Gasteiger partial charge in [-0.05, 0) is 57.6 Å². The summed E-state index contributed by atoms with van der Waals surface area (Å²) in [4.78, 5) is 58.1. The fraction of sp³-hybridized carbons (Fsp3) is 0.667. The van der Waals surface area contributed by atoms with Gasteiger partial charge < -0.3 is 14.5 Å². The number of hydrogen-bond acceptors (Lipinski definition) is 6. The van der Waals surface area contributed by atoms with Gasteiger partial charge in [0.25, 0.3) is 11.8 Å². The molecule has 0 unspecified atom stereocenters. The van der Waals surface area contributed by atoms with Crippen LogP contribution in [0.25, 0.3) is 0 Å². The molecule has 1 aliphatic carbocycles. The van der Waals surface area contributed by atoms with Gasteiger partial charge in [0.05, 0.1) is 29.3 Å². The average Bonchev–Trinajstić information content (AvgIpc) is 3.18. The molecule has 1 saturated carbocycles. The SMILES string of the molecule is CCOC(=O)[C@H]1CCCN(C(=O)C2CCN(c3cccc4c3C(=O)N(C3CCCCCCC3)C4=O)CC2)C1. The normalized spacial score (nSPS) is 23.7. The fourth-order valence-corrected chi connectivity index (χ4v) is 6.83. The second-order valence-electron chi connectivity index (χ2n) is 11.3. The minimum atomic E-state index is -0.232. The van der Waals surface area contributed by atoms with Crippen molar-refractivity contribution in [3.8, 4) is 0 Å². The zero-order valence-corrected chi connectivity index (χ0v) is 22.7. The zero-order chi connectivity index (χ0) is 26.6. The third-order valence-electron chi connectivity index (χ3n) is 8.90. The Morgan fingerprint density at radius 2 is 1.55 bits per heavy atom. The lowest BCUT2D eigenvalue weighted by atomic mass is 9.91. The first-order chi connectivity index (χ1) is 18.5. The van der Waals surface area contributed by atoms with Crippen LogP contribution in [0.15, 0.2) is 18.2 Å². The van der Waals surface area contributed by atoms with Gasteiger partial charge in [-0.3, -0.25) is 24.1 Å². The summed E-state index contributed by atoms with van der Waals surface area (Å²) in [5, 5.41) is 0. The summed E-state index contributed by atoms with van der Waals surface area (Å²) in [6.45, 7) is 4.61. The number of likely N-dealkylation sites (tertiary alicyclic amines) is 1. The van der Waals surface area contributed by atoms with Crippen molar-refractivity contribution in [3.63, 3.8) is 0 Å². The van der Waals surface area contributed by atoms with Crippen LogP contribution >= 0.6 is 0 Å². The number of imide groups is 1. The Morgan fingerprint density at radius 1 is 0.842 bits per heavy atom. The van der Waals surface area contributed by atoms with E-state index in [1.54, 1.807) is 17.9 Å². The molecule has 5 rings (SSSR count). The molecule has 0 aromatic heterocycles. The second kappa shape index (κ2) is 11.9. The van der Waals surface area contributed by atoms with Gasteiger partial charge in [-0.15, -0.1) is 0 Å². The number of rotatable bonds is 5. The van der Waals surface area contributed by atoms with Gasteiger partial charge >= 0.3 is 5.97 Å². The van der Waals surface area contributed by atoms with Crippen LogP contribution in [-0.2, 0) is 14.3 Å². The molecule has 0 radical (unpaired) electrons. The third-order valence-corrected chi connectivity index (χ3v) is 8.90. The Kier molecular flexibility index (Phi) is 8.34. The summed E-state index contributed by atoms with van der Waals surface area (Å²) in [5.74, 6) is -0.702. The number of piperidine rings is 2. The molecule has 0 spiro atoms. The number of ether oxygens (including phenoxy) is 1. The fourth-order valence-electron chi connectivity index (χ4n) is 6.83. The highest BCUT2D eigenvalue weighted by Crippen LogP contribution is 2.37. The third kappa shape index (κ3) is 5.32. The molecule has 1 atom stereocenters. The predicted octanol–water partition coefficient (Wildman–Crippen LogP) is 4.41. The van der Waals surface area contributed by atoms with E-state index < -0.39 is 0 Å². The molecule has 0 bridgehead atoms. The molecule has 2 saturated heterocycles. The summed E-state index contributed by atoms with van der Waals surface area (Å²) < 4.78 is 5.19. The summed E-state index contributed by atoms with van der Waals surface area (Å²) in [6.07, 6.45) is 10.4. The Labute approximate surface area is 225 Å². The number of esters is 1. The van der Waals surface area contributed by atoms with Gasteiger partial charge in [-0.2, -0.15) is 0 Å². The monoisotopic (exact) mass is 523 g/mol. The highest BCUT2D eigenvalue weighted by Gasteiger charge is 2.42. The largest absolute Gasteiger partial charge is 0.466 e. The summed E-state index contributed by atoms with van der Waals surface area (Å²) >= 11 is 0. The van der Waals surface area contributed by atoms with Crippen LogP contribution in [0.3, 0.4) is 0 Å². The van der Waals surface area contributed by atoms with Crippen molar-refractivity contribution in [1.82, 2.24) is 9.80 Å². The number of fused-ring (bicyclic) bond motifs is 1. The topological polar surface area (TPSA) is 87.2 Å². The molecule has 1 aromatic rings. The molecular formula is C30H41N3O5. The van der Waals surface area contributed by atoms with Crippen LogP contribution in [0.2, 0.25) is 0 Å². The Bertz CT molecular complexity index is 1060.